The van der Waals surface area contributed by atoms with Crippen LogP contribution in [0.2, 0.25) is 0 Å². The molecule has 2 aromatic rings. The van der Waals surface area contributed by atoms with Gasteiger partial charge in [-0.25, -0.2) is 4.79 Å². The predicted molar refractivity (Wildman–Crippen MR) is 78.2 cm³/mol. The Hall–Kier alpha value is -1.54. The lowest BCUT2D eigenvalue weighted by atomic mass is 10.1. The van der Waals surface area contributed by atoms with E-state index in [0.29, 0.717) is 4.47 Å². The van der Waals surface area contributed by atoms with Gasteiger partial charge >= 0.3 is 12.1 Å². The Morgan fingerprint density at radius 3 is 2.57 bits per heavy atom. The number of alkyl halides is 3. The minimum atomic E-state index is -4.51. The molecule has 0 aliphatic heterocycles. The highest BCUT2D eigenvalue weighted by atomic mass is 79.9. The predicted octanol–water partition coefficient (Wildman–Crippen LogP) is 4.57. The third-order valence-electron chi connectivity index (χ3n) is 2.68. The molecule has 0 spiro atoms. The summed E-state index contributed by atoms with van der Waals surface area (Å²) in [7, 11) is 1.18. The molecule has 1 heterocycles. The van der Waals surface area contributed by atoms with Crippen LogP contribution < -0.4 is 5.73 Å². The summed E-state index contributed by atoms with van der Waals surface area (Å²) in [4.78, 5) is 11.8. The summed E-state index contributed by atoms with van der Waals surface area (Å²) in [5.41, 5.74) is 4.93. The minimum Gasteiger partial charge on any atom is -0.465 e. The molecule has 0 saturated heterocycles. The first-order valence-corrected chi connectivity index (χ1v) is 7.19. The molecular weight excluding hydrogens is 371 g/mol. The van der Waals surface area contributed by atoms with Crippen molar-refractivity contribution in [1.29, 1.82) is 0 Å². The molecule has 112 valence electrons. The average Bonchev–Trinajstić information content (AvgIpc) is 2.78. The number of anilines is 1. The van der Waals surface area contributed by atoms with Crippen LogP contribution >= 0.6 is 27.3 Å². The fourth-order valence-electron chi connectivity index (χ4n) is 1.76. The summed E-state index contributed by atoms with van der Waals surface area (Å²) in [6.45, 7) is 0. The molecule has 0 bridgehead atoms. The van der Waals surface area contributed by atoms with Gasteiger partial charge in [-0.3, -0.25) is 0 Å². The van der Waals surface area contributed by atoms with E-state index < -0.39 is 17.7 Å². The zero-order valence-electron chi connectivity index (χ0n) is 10.6. The van der Waals surface area contributed by atoms with E-state index in [1.165, 1.54) is 25.3 Å². The number of carbonyl (C=O) groups excluding carboxylic acids is 1. The number of carbonyl (C=O) groups is 1. The van der Waals surface area contributed by atoms with Gasteiger partial charge in [0.2, 0.25) is 0 Å². The van der Waals surface area contributed by atoms with Gasteiger partial charge < -0.3 is 10.5 Å². The summed E-state index contributed by atoms with van der Waals surface area (Å²) in [5.74, 6) is -0.672. The number of rotatable bonds is 2. The Bertz CT molecular complexity index is 697. The topological polar surface area (TPSA) is 52.3 Å². The number of hydrogen-bond acceptors (Lipinski definition) is 4. The Balaban J connectivity index is 2.60. The average molecular weight is 380 g/mol. The van der Waals surface area contributed by atoms with E-state index in [1.807, 2.05) is 0 Å². The Labute approximate surface area is 130 Å². The maximum Gasteiger partial charge on any atom is 0.417 e. The van der Waals surface area contributed by atoms with Crippen molar-refractivity contribution in [2.24, 2.45) is 0 Å². The van der Waals surface area contributed by atoms with E-state index in [0.717, 1.165) is 17.4 Å². The van der Waals surface area contributed by atoms with Crippen LogP contribution in [-0.2, 0) is 10.9 Å². The first-order valence-electron chi connectivity index (χ1n) is 5.58. The smallest absolute Gasteiger partial charge is 0.417 e. The van der Waals surface area contributed by atoms with Crippen molar-refractivity contribution in [3.05, 3.63) is 39.2 Å². The maximum absolute atomic E-state index is 13.1. The summed E-state index contributed by atoms with van der Waals surface area (Å²) in [5, 5.41) is 0. The zero-order chi connectivity index (χ0) is 15.8. The van der Waals surface area contributed by atoms with Gasteiger partial charge in [-0.05, 0) is 18.2 Å². The van der Waals surface area contributed by atoms with E-state index in [2.05, 4.69) is 20.7 Å². The first-order chi connectivity index (χ1) is 9.74. The number of hydrogen-bond donors (Lipinski definition) is 1. The number of ether oxygens (including phenoxy) is 1. The molecule has 0 amide bonds. The van der Waals surface area contributed by atoms with Crippen molar-refractivity contribution in [3.63, 3.8) is 0 Å². The second-order valence-corrected chi connectivity index (χ2v) is 6.04. The molecule has 1 aromatic carbocycles. The number of halogens is 4. The zero-order valence-corrected chi connectivity index (χ0v) is 13.0. The van der Waals surface area contributed by atoms with Crippen LogP contribution in [0.25, 0.3) is 10.4 Å². The van der Waals surface area contributed by atoms with Gasteiger partial charge in [0, 0.05) is 14.9 Å². The molecule has 0 fully saturated rings. The second-order valence-electron chi connectivity index (χ2n) is 4.07. The quantitative estimate of drug-likeness (QED) is 0.777. The highest BCUT2D eigenvalue weighted by molar-refractivity contribution is 9.10. The van der Waals surface area contributed by atoms with Gasteiger partial charge in [-0.15, -0.1) is 11.3 Å². The van der Waals surface area contributed by atoms with Gasteiger partial charge in [0.1, 0.15) is 4.88 Å². The van der Waals surface area contributed by atoms with E-state index >= 15 is 0 Å². The fourth-order valence-corrected chi connectivity index (χ4v) is 3.15. The SMILES string of the molecule is COC(=O)c1sc(-c2ccc(Br)cc2C(F)(F)F)cc1N. The molecule has 0 aliphatic carbocycles. The molecule has 1 aromatic heterocycles. The molecule has 0 atom stereocenters. The molecule has 8 heteroatoms. The van der Waals surface area contributed by atoms with Gasteiger partial charge in [-0.2, -0.15) is 13.2 Å². The van der Waals surface area contributed by atoms with Gasteiger partial charge in [-0.1, -0.05) is 22.0 Å². The Kier molecular flexibility index (Phi) is 4.29. The fraction of sp³-hybridized carbons (Fsp3) is 0.154. The second kappa shape index (κ2) is 5.69. The standard InChI is InChI=1S/C13H9BrF3NO2S/c1-20-12(19)11-9(18)5-10(21-11)7-3-2-6(14)4-8(7)13(15,16)17/h2-5H,18H2,1H3. The van der Waals surface area contributed by atoms with Gasteiger partial charge in [0.25, 0.3) is 0 Å². The molecule has 0 radical (unpaired) electrons. The van der Waals surface area contributed by atoms with Crippen LogP contribution in [0, 0.1) is 0 Å². The number of thiophene rings is 1. The van der Waals surface area contributed by atoms with Gasteiger partial charge in [0.15, 0.2) is 0 Å². The van der Waals surface area contributed by atoms with Crippen LogP contribution in [0.5, 0.6) is 0 Å². The number of esters is 1. The van der Waals surface area contributed by atoms with Crippen molar-refractivity contribution >= 4 is 38.9 Å². The molecule has 0 unspecified atom stereocenters. The minimum absolute atomic E-state index is 0.0300. The summed E-state index contributed by atoms with van der Waals surface area (Å²) < 4.78 is 44.2. The third-order valence-corrected chi connectivity index (χ3v) is 4.34. The highest BCUT2D eigenvalue weighted by Crippen LogP contribution is 2.42. The summed E-state index contributed by atoms with van der Waals surface area (Å²) in [6, 6.07) is 5.16. The van der Waals surface area contributed by atoms with E-state index in [9.17, 15) is 18.0 Å². The van der Waals surface area contributed by atoms with E-state index in [4.69, 9.17) is 5.73 Å². The largest absolute Gasteiger partial charge is 0.465 e. The molecule has 2 N–H and O–H groups in total. The van der Waals surface area contributed by atoms with Crippen LogP contribution in [0.4, 0.5) is 18.9 Å². The molecule has 2 rings (SSSR count). The lowest BCUT2D eigenvalue weighted by Gasteiger charge is -2.12. The van der Waals surface area contributed by atoms with Crippen LogP contribution in [0.3, 0.4) is 0 Å². The van der Waals surface area contributed by atoms with Crippen LogP contribution in [0.15, 0.2) is 28.7 Å². The number of benzene rings is 1. The summed E-state index contributed by atoms with van der Waals surface area (Å²) >= 11 is 3.89. The molecule has 0 saturated carbocycles. The highest BCUT2D eigenvalue weighted by Gasteiger charge is 2.34. The number of methoxy groups -OCH3 is 1. The molecule has 0 aliphatic rings. The van der Waals surface area contributed by atoms with Crippen LogP contribution in [0.1, 0.15) is 15.2 Å². The third kappa shape index (κ3) is 3.21. The first kappa shape index (κ1) is 15.8. The lowest BCUT2D eigenvalue weighted by molar-refractivity contribution is -0.137. The molecular formula is C13H9BrF3NO2S. The van der Waals surface area contributed by atoms with Crippen molar-refractivity contribution < 1.29 is 22.7 Å². The van der Waals surface area contributed by atoms with Crippen molar-refractivity contribution in [2.75, 3.05) is 12.8 Å². The number of nitrogens with two attached hydrogens (primary N) is 1. The number of nitrogen functional groups attached to an aromatic ring is 1. The van der Waals surface area contributed by atoms with E-state index in [-0.39, 0.29) is 21.0 Å². The van der Waals surface area contributed by atoms with Crippen molar-refractivity contribution in [3.8, 4) is 10.4 Å². The van der Waals surface area contributed by atoms with Crippen LogP contribution in [-0.4, -0.2) is 13.1 Å². The Morgan fingerprint density at radius 2 is 2.00 bits per heavy atom. The summed E-state index contributed by atoms with van der Waals surface area (Å²) in [6.07, 6.45) is -4.51. The van der Waals surface area contributed by atoms with E-state index in [1.54, 1.807) is 0 Å². The maximum atomic E-state index is 13.1. The monoisotopic (exact) mass is 379 g/mol. The molecule has 21 heavy (non-hydrogen) atoms. The Morgan fingerprint density at radius 1 is 1.33 bits per heavy atom. The lowest BCUT2D eigenvalue weighted by Crippen LogP contribution is -2.06. The van der Waals surface area contributed by atoms with Crippen molar-refractivity contribution in [2.45, 2.75) is 6.18 Å². The van der Waals surface area contributed by atoms with Crippen molar-refractivity contribution in [1.82, 2.24) is 0 Å². The molecule has 3 nitrogen and oxygen atoms in total. The normalized spacial score (nSPS) is 11.5. The van der Waals surface area contributed by atoms with Gasteiger partial charge in [0.05, 0.1) is 18.4 Å².